The minimum atomic E-state index is 0.511. The van der Waals surface area contributed by atoms with E-state index in [1.54, 1.807) is 12.1 Å². The molecule has 2 aromatic carbocycles. The van der Waals surface area contributed by atoms with E-state index in [1.807, 2.05) is 6.07 Å². The number of hydrogen-bond donors (Lipinski definition) is 0. The zero-order chi connectivity index (χ0) is 14.5. The Morgan fingerprint density at radius 2 is 2.00 bits per heavy atom. The predicted molar refractivity (Wildman–Crippen MR) is 83.7 cm³/mol. The lowest BCUT2D eigenvalue weighted by atomic mass is 10.0. The summed E-state index contributed by atoms with van der Waals surface area (Å²) in [5.74, 6) is 1.26. The van der Waals surface area contributed by atoms with E-state index < -0.39 is 0 Å². The fourth-order valence-corrected chi connectivity index (χ4v) is 2.38. The third-order valence-electron chi connectivity index (χ3n) is 3.07. The van der Waals surface area contributed by atoms with Gasteiger partial charge in [0.1, 0.15) is 12.4 Å². The Hall–Kier alpha value is -1.79. The molecule has 0 radical (unpaired) electrons. The van der Waals surface area contributed by atoms with Gasteiger partial charge >= 0.3 is 0 Å². The van der Waals surface area contributed by atoms with Crippen molar-refractivity contribution in [1.29, 1.82) is 5.26 Å². The van der Waals surface area contributed by atoms with Crippen molar-refractivity contribution in [2.75, 3.05) is 0 Å². The molecular weight excluding hydrogens is 314 g/mol. The number of nitrogens with zero attached hydrogens (tertiary/aromatic N) is 1. The Morgan fingerprint density at radius 3 is 2.65 bits per heavy atom. The maximum Gasteiger partial charge on any atom is 0.134 e. The number of halogens is 1. The fraction of sp³-hybridized carbons (Fsp3) is 0.235. The summed E-state index contributed by atoms with van der Waals surface area (Å²) in [5.41, 5.74) is 3.07. The first-order chi connectivity index (χ1) is 9.60. The molecule has 0 heterocycles. The second-order valence-corrected chi connectivity index (χ2v) is 5.80. The lowest BCUT2D eigenvalue weighted by Gasteiger charge is -2.11. The first-order valence-corrected chi connectivity index (χ1v) is 7.30. The van der Waals surface area contributed by atoms with Crippen molar-refractivity contribution in [3.05, 3.63) is 63.6 Å². The van der Waals surface area contributed by atoms with Crippen molar-refractivity contribution in [3.8, 4) is 11.8 Å². The van der Waals surface area contributed by atoms with Crippen LogP contribution in [0.3, 0.4) is 0 Å². The van der Waals surface area contributed by atoms with E-state index in [0.29, 0.717) is 18.1 Å². The van der Waals surface area contributed by atoms with Gasteiger partial charge in [-0.1, -0.05) is 38.1 Å². The van der Waals surface area contributed by atoms with Gasteiger partial charge in [0.25, 0.3) is 0 Å². The molecule has 0 aliphatic carbocycles. The summed E-state index contributed by atoms with van der Waals surface area (Å²) < 4.78 is 6.60. The molecule has 0 unspecified atom stereocenters. The second-order valence-electron chi connectivity index (χ2n) is 4.95. The van der Waals surface area contributed by atoms with Crippen molar-refractivity contribution >= 4 is 15.9 Å². The molecule has 0 saturated heterocycles. The number of rotatable bonds is 4. The molecule has 0 atom stereocenters. The van der Waals surface area contributed by atoms with E-state index in [4.69, 9.17) is 10.00 Å². The van der Waals surface area contributed by atoms with Crippen molar-refractivity contribution < 1.29 is 4.74 Å². The van der Waals surface area contributed by atoms with Crippen LogP contribution in [0, 0.1) is 11.3 Å². The Labute approximate surface area is 128 Å². The molecule has 3 heteroatoms. The molecule has 0 N–H and O–H groups in total. The smallest absolute Gasteiger partial charge is 0.134 e. The highest BCUT2D eigenvalue weighted by molar-refractivity contribution is 9.10. The monoisotopic (exact) mass is 329 g/mol. The van der Waals surface area contributed by atoms with Crippen LogP contribution in [-0.2, 0) is 6.61 Å². The van der Waals surface area contributed by atoms with E-state index in [0.717, 1.165) is 15.8 Å². The van der Waals surface area contributed by atoms with Crippen LogP contribution in [-0.4, -0.2) is 0 Å². The summed E-state index contributed by atoms with van der Waals surface area (Å²) in [6, 6.07) is 15.9. The van der Waals surface area contributed by atoms with Crippen LogP contribution in [0.2, 0.25) is 0 Å². The number of benzene rings is 2. The van der Waals surface area contributed by atoms with Crippen LogP contribution >= 0.6 is 15.9 Å². The fourth-order valence-electron chi connectivity index (χ4n) is 1.89. The molecule has 0 aliphatic heterocycles. The summed E-state index contributed by atoms with van der Waals surface area (Å²) in [4.78, 5) is 0. The molecule has 2 rings (SSSR count). The van der Waals surface area contributed by atoms with Gasteiger partial charge in [0.05, 0.1) is 16.1 Å². The maximum absolute atomic E-state index is 8.83. The quantitative estimate of drug-likeness (QED) is 0.788. The maximum atomic E-state index is 8.83. The molecule has 0 aromatic heterocycles. The van der Waals surface area contributed by atoms with E-state index in [2.05, 4.69) is 60.1 Å². The lowest BCUT2D eigenvalue weighted by molar-refractivity contribution is 0.304. The number of ether oxygens (including phenoxy) is 1. The highest BCUT2D eigenvalue weighted by Crippen LogP contribution is 2.27. The molecule has 0 aliphatic rings. The zero-order valence-electron chi connectivity index (χ0n) is 11.6. The Balaban J connectivity index is 2.09. The molecule has 2 nitrogen and oxygen atoms in total. The third kappa shape index (κ3) is 3.61. The summed E-state index contributed by atoms with van der Waals surface area (Å²) >= 11 is 3.42. The van der Waals surface area contributed by atoms with Gasteiger partial charge in [-0.15, -0.1) is 0 Å². The minimum Gasteiger partial charge on any atom is -0.488 e. The molecular formula is C17H16BrNO. The van der Waals surface area contributed by atoms with Crippen LogP contribution in [0.25, 0.3) is 0 Å². The van der Waals surface area contributed by atoms with Gasteiger partial charge in [0, 0.05) is 0 Å². The molecule has 102 valence electrons. The van der Waals surface area contributed by atoms with Crippen LogP contribution in [0.1, 0.15) is 36.5 Å². The van der Waals surface area contributed by atoms with Crippen molar-refractivity contribution in [3.63, 3.8) is 0 Å². The molecule has 0 saturated carbocycles. The summed E-state index contributed by atoms with van der Waals surface area (Å²) in [7, 11) is 0. The number of nitriles is 1. The van der Waals surface area contributed by atoms with E-state index >= 15 is 0 Å². The van der Waals surface area contributed by atoms with Crippen LogP contribution in [0.4, 0.5) is 0 Å². The van der Waals surface area contributed by atoms with Gasteiger partial charge < -0.3 is 4.74 Å². The average molecular weight is 330 g/mol. The molecule has 2 aromatic rings. The van der Waals surface area contributed by atoms with E-state index in [1.165, 1.54) is 5.56 Å². The van der Waals surface area contributed by atoms with E-state index in [-0.39, 0.29) is 0 Å². The van der Waals surface area contributed by atoms with E-state index in [9.17, 15) is 0 Å². The van der Waals surface area contributed by atoms with Crippen molar-refractivity contribution in [2.24, 2.45) is 0 Å². The van der Waals surface area contributed by atoms with Crippen molar-refractivity contribution in [1.82, 2.24) is 0 Å². The molecule has 0 amide bonds. The molecule has 0 bridgehead atoms. The first kappa shape index (κ1) is 14.6. The number of hydrogen-bond acceptors (Lipinski definition) is 2. The second kappa shape index (κ2) is 6.58. The summed E-state index contributed by atoms with van der Waals surface area (Å²) in [6.07, 6.45) is 0. The molecule has 20 heavy (non-hydrogen) atoms. The highest BCUT2D eigenvalue weighted by atomic mass is 79.9. The normalized spacial score (nSPS) is 10.3. The Bertz CT molecular complexity index is 644. The zero-order valence-corrected chi connectivity index (χ0v) is 13.1. The van der Waals surface area contributed by atoms with Crippen LogP contribution in [0.5, 0.6) is 5.75 Å². The summed E-state index contributed by atoms with van der Waals surface area (Å²) in [6.45, 7) is 4.87. The topological polar surface area (TPSA) is 33.0 Å². The minimum absolute atomic E-state index is 0.511. The van der Waals surface area contributed by atoms with Crippen LogP contribution < -0.4 is 4.74 Å². The van der Waals surface area contributed by atoms with Gasteiger partial charge in [-0.25, -0.2) is 0 Å². The standard InChI is InChI=1S/C17H16BrNO/c1-12(2)15-5-3-4-14(8-15)11-20-17-7-6-13(10-19)9-16(17)18/h3-9,12H,11H2,1-2H3. The predicted octanol–water partition coefficient (Wildman–Crippen LogP) is 5.02. The average Bonchev–Trinajstić information content (AvgIpc) is 2.46. The van der Waals surface area contributed by atoms with Crippen molar-refractivity contribution in [2.45, 2.75) is 26.4 Å². The molecule has 0 spiro atoms. The Morgan fingerprint density at radius 1 is 1.20 bits per heavy atom. The van der Waals surface area contributed by atoms with Gasteiger partial charge in [-0.05, 0) is 51.2 Å². The van der Waals surface area contributed by atoms with Gasteiger partial charge in [-0.3, -0.25) is 0 Å². The first-order valence-electron chi connectivity index (χ1n) is 6.51. The summed E-state index contributed by atoms with van der Waals surface area (Å²) in [5, 5.41) is 8.83. The van der Waals surface area contributed by atoms with Crippen LogP contribution in [0.15, 0.2) is 46.9 Å². The van der Waals surface area contributed by atoms with Gasteiger partial charge in [0.15, 0.2) is 0 Å². The SMILES string of the molecule is CC(C)c1cccc(COc2ccc(C#N)cc2Br)c1. The lowest BCUT2D eigenvalue weighted by Crippen LogP contribution is -1.98. The van der Waals surface area contributed by atoms with Gasteiger partial charge in [-0.2, -0.15) is 5.26 Å². The third-order valence-corrected chi connectivity index (χ3v) is 3.69. The highest BCUT2D eigenvalue weighted by Gasteiger charge is 2.04. The van der Waals surface area contributed by atoms with Gasteiger partial charge in [0.2, 0.25) is 0 Å². The Kier molecular flexibility index (Phi) is 4.81. The molecule has 0 fully saturated rings. The largest absolute Gasteiger partial charge is 0.488 e.